The molecular formula is C23H31N5O3. The van der Waals surface area contributed by atoms with Crippen molar-refractivity contribution in [2.45, 2.75) is 26.7 Å². The van der Waals surface area contributed by atoms with Gasteiger partial charge in [-0.05, 0) is 61.6 Å². The summed E-state index contributed by atoms with van der Waals surface area (Å²) in [6, 6.07) is 11.3. The molecule has 1 fully saturated rings. The second kappa shape index (κ2) is 11.2. The number of rotatable bonds is 11. The Balaban J connectivity index is 1.37. The lowest BCUT2D eigenvalue weighted by molar-refractivity contribution is 0.160. The van der Waals surface area contributed by atoms with Crippen LogP contribution in [0.15, 0.2) is 47.8 Å². The fourth-order valence-corrected chi connectivity index (χ4v) is 3.36. The van der Waals surface area contributed by atoms with Crippen LogP contribution in [0, 0.1) is 5.92 Å². The molecule has 0 bridgehead atoms. The van der Waals surface area contributed by atoms with Crippen molar-refractivity contribution >= 4 is 23.8 Å². The number of hydrogen-bond acceptors (Lipinski definition) is 6. The Bertz CT molecular complexity index is 872. The van der Waals surface area contributed by atoms with Crippen molar-refractivity contribution in [2.24, 2.45) is 11.1 Å². The van der Waals surface area contributed by atoms with Crippen molar-refractivity contribution in [1.29, 1.82) is 0 Å². The van der Waals surface area contributed by atoms with E-state index < -0.39 is 0 Å². The van der Waals surface area contributed by atoms with Gasteiger partial charge in [0.15, 0.2) is 0 Å². The Morgan fingerprint density at radius 2 is 2.03 bits per heavy atom. The second-order valence-electron chi connectivity index (χ2n) is 7.61. The third kappa shape index (κ3) is 6.60. The Hall–Kier alpha value is -3.29. The molecule has 1 aliphatic rings. The summed E-state index contributed by atoms with van der Waals surface area (Å²) < 4.78 is 5.85. The van der Waals surface area contributed by atoms with Crippen molar-refractivity contribution in [3.63, 3.8) is 0 Å². The predicted molar refractivity (Wildman–Crippen MR) is 123 cm³/mol. The molecule has 166 valence electrons. The highest BCUT2D eigenvalue weighted by Crippen LogP contribution is 2.22. The zero-order valence-electron chi connectivity index (χ0n) is 18.2. The number of carbonyl (C=O) groups excluding carboxylic acids is 1. The molecular weight excluding hydrogens is 394 g/mol. The highest BCUT2D eigenvalue weighted by atomic mass is 16.6. The molecule has 2 N–H and O–H groups in total. The zero-order valence-corrected chi connectivity index (χ0v) is 18.2. The average Bonchev–Trinajstić information content (AvgIpc) is 3.14. The first-order valence-corrected chi connectivity index (χ1v) is 10.7. The molecule has 2 heterocycles. The number of aromatic nitrogens is 1. The Kier molecular flexibility index (Phi) is 8.09. The molecule has 1 aromatic heterocycles. The van der Waals surface area contributed by atoms with E-state index in [1.165, 1.54) is 0 Å². The van der Waals surface area contributed by atoms with E-state index in [2.05, 4.69) is 17.1 Å². The first-order chi connectivity index (χ1) is 15.1. The molecule has 0 radical (unpaired) electrons. The molecule has 1 atom stereocenters. The number of nitrogen functional groups attached to an aromatic ring is 1. The largest absolute Gasteiger partial charge is 0.494 e. The fourth-order valence-electron chi connectivity index (χ4n) is 3.36. The van der Waals surface area contributed by atoms with Crippen LogP contribution < -0.4 is 15.4 Å². The summed E-state index contributed by atoms with van der Waals surface area (Å²) in [5.41, 5.74) is 7.51. The first kappa shape index (κ1) is 22.4. The van der Waals surface area contributed by atoms with Gasteiger partial charge in [0.05, 0.1) is 18.5 Å². The van der Waals surface area contributed by atoms with Gasteiger partial charge in [0.25, 0.3) is 0 Å². The zero-order chi connectivity index (χ0) is 22.1. The molecule has 31 heavy (non-hydrogen) atoms. The lowest BCUT2D eigenvalue weighted by Crippen LogP contribution is -2.33. The van der Waals surface area contributed by atoms with Crippen molar-refractivity contribution in [2.75, 3.05) is 43.5 Å². The number of nitrogens with two attached hydrogens (primary N) is 1. The summed E-state index contributed by atoms with van der Waals surface area (Å²) >= 11 is 0. The predicted octanol–water partition coefficient (Wildman–Crippen LogP) is 3.77. The summed E-state index contributed by atoms with van der Waals surface area (Å²) in [4.78, 5) is 25.3. The Morgan fingerprint density at radius 3 is 2.77 bits per heavy atom. The van der Waals surface area contributed by atoms with Gasteiger partial charge in [-0.25, -0.2) is 9.78 Å². The van der Waals surface area contributed by atoms with E-state index in [-0.39, 0.29) is 6.03 Å². The fraction of sp³-hybridized carbons (Fsp3) is 0.435. The highest BCUT2D eigenvalue weighted by Gasteiger charge is 2.29. The van der Waals surface area contributed by atoms with Gasteiger partial charge in [0.1, 0.15) is 18.2 Å². The minimum absolute atomic E-state index is 0.0296. The van der Waals surface area contributed by atoms with Crippen molar-refractivity contribution in [3.8, 4) is 5.75 Å². The van der Waals surface area contributed by atoms with Gasteiger partial charge < -0.3 is 20.2 Å². The van der Waals surface area contributed by atoms with Crippen LogP contribution in [0.3, 0.4) is 0 Å². The maximum atomic E-state index is 12.7. The number of nitrogens with zero attached hydrogens (tertiary/aromatic N) is 4. The minimum Gasteiger partial charge on any atom is -0.494 e. The van der Waals surface area contributed by atoms with Crippen molar-refractivity contribution in [1.82, 2.24) is 9.88 Å². The van der Waals surface area contributed by atoms with E-state index in [9.17, 15) is 4.79 Å². The molecule has 8 heteroatoms. The van der Waals surface area contributed by atoms with E-state index >= 15 is 0 Å². The van der Waals surface area contributed by atoms with Gasteiger partial charge in [-0.15, -0.1) is 0 Å². The number of hydrogen-bond donors (Lipinski definition) is 1. The minimum atomic E-state index is 0.0296. The molecule has 0 spiro atoms. The molecule has 2 aromatic rings. The van der Waals surface area contributed by atoms with Crippen molar-refractivity contribution in [3.05, 3.63) is 48.2 Å². The molecule has 8 nitrogen and oxygen atoms in total. The third-order valence-corrected chi connectivity index (χ3v) is 5.23. The van der Waals surface area contributed by atoms with Crippen LogP contribution in [0.4, 0.5) is 16.3 Å². The quantitative estimate of drug-likeness (QED) is 0.437. The number of benzene rings is 1. The van der Waals surface area contributed by atoms with E-state index in [0.717, 1.165) is 42.9 Å². The van der Waals surface area contributed by atoms with E-state index in [1.54, 1.807) is 23.4 Å². The van der Waals surface area contributed by atoms with E-state index in [0.29, 0.717) is 31.5 Å². The summed E-state index contributed by atoms with van der Waals surface area (Å²) in [5, 5.41) is 3.85. The molecule has 1 aromatic carbocycles. The van der Waals surface area contributed by atoms with Gasteiger partial charge in [-0.2, -0.15) is 0 Å². The average molecular weight is 426 g/mol. The molecule has 0 aliphatic carbocycles. The molecule has 1 saturated heterocycles. The molecule has 1 aliphatic heterocycles. The smallest absolute Gasteiger partial charge is 0.324 e. The van der Waals surface area contributed by atoms with Crippen molar-refractivity contribution < 1.29 is 14.4 Å². The van der Waals surface area contributed by atoms with E-state index in [1.807, 2.05) is 42.2 Å². The van der Waals surface area contributed by atoms with Crippen LogP contribution in [0.1, 0.15) is 32.3 Å². The number of carbonyl (C=O) groups is 1. The van der Waals surface area contributed by atoms with Gasteiger partial charge in [0, 0.05) is 31.9 Å². The summed E-state index contributed by atoms with van der Waals surface area (Å²) in [6.45, 7) is 7.42. The number of urea groups is 1. The van der Waals surface area contributed by atoms with Crippen LogP contribution in [0.5, 0.6) is 5.75 Å². The molecule has 0 saturated carbocycles. The van der Waals surface area contributed by atoms with Crippen LogP contribution in [-0.2, 0) is 4.84 Å². The molecule has 2 amide bonds. The SMILES string of the molecule is CCO/N=C/c1ccc(OCC[C@@H](C)CCN2CCN(c3ccnc(N)c3)C2=O)cc1. The highest BCUT2D eigenvalue weighted by molar-refractivity contribution is 5.94. The molecule has 0 unspecified atom stereocenters. The summed E-state index contributed by atoms with van der Waals surface area (Å²) in [6.07, 6.45) is 5.18. The molecule has 3 rings (SSSR count). The normalized spacial score (nSPS) is 15.0. The maximum absolute atomic E-state index is 12.7. The Morgan fingerprint density at radius 1 is 1.23 bits per heavy atom. The monoisotopic (exact) mass is 425 g/mol. The van der Waals surface area contributed by atoms with Gasteiger partial charge in [-0.3, -0.25) is 4.90 Å². The number of oxime groups is 1. The van der Waals surface area contributed by atoms with Gasteiger partial charge >= 0.3 is 6.03 Å². The number of ether oxygens (including phenoxy) is 1. The Labute approximate surface area is 183 Å². The van der Waals surface area contributed by atoms with Gasteiger partial charge in [-0.1, -0.05) is 12.1 Å². The van der Waals surface area contributed by atoms with Crippen LogP contribution in [0.25, 0.3) is 0 Å². The number of amides is 2. The van der Waals surface area contributed by atoms with Gasteiger partial charge in [0.2, 0.25) is 0 Å². The van der Waals surface area contributed by atoms with Crippen LogP contribution >= 0.6 is 0 Å². The first-order valence-electron chi connectivity index (χ1n) is 10.7. The standard InChI is InChI=1S/C23H31N5O3/c1-3-31-26-17-19-4-6-21(7-5-19)30-15-10-18(2)9-12-27-13-14-28(23(27)29)20-8-11-25-22(24)16-20/h4-8,11,16-18H,3,9-10,12-15H2,1-2H3,(H2,24,25)/b26-17+/t18-/m0/s1. The summed E-state index contributed by atoms with van der Waals surface area (Å²) in [7, 11) is 0. The topological polar surface area (TPSA) is 93.3 Å². The number of anilines is 2. The maximum Gasteiger partial charge on any atom is 0.324 e. The second-order valence-corrected chi connectivity index (χ2v) is 7.61. The van der Waals surface area contributed by atoms with Crippen LogP contribution in [-0.4, -0.2) is 55.0 Å². The van der Waals surface area contributed by atoms with E-state index in [4.69, 9.17) is 15.3 Å². The summed E-state index contributed by atoms with van der Waals surface area (Å²) in [5.74, 6) is 1.71. The van der Waals surface area contributed by atoms with Crippen LogP contribution in [0.2, 0.25) is 0 Å². The lowest BCUT2D eigenvalue weighted by atomic mass is 10.0. The third-order valence-electron chi connectivity index (χ3n) is 5.23. The lowest BCUT2D eigenvalue weighted by Gasteiger charge is -2.20. The number of pyridine rings is 1.